The summed E-state index contributed by atoms with van der Waals surface area (Å²) in [6.45, 7) is 5.79. The highest BCUT2D eigenvalue weighted by atomic mass is 19.1. The molecule has 3 unspecified atom stereocenters. The van der Waals surface area contributed by atoms with Gasteiger partial charge >= 0.3 is 0 Å². The lowest BCUT2D eigenvalue weighted by Crippen LogP contribution is -2.45. The normalized spacial score (nSPS) is 26.3. The van der Waals surface area contributed by atoms with Crippen LogP contribution in [0.15, 0.2) is 18.2 Å². The number of piperidine rings is 1. The van der Waals surface area contributed by atoms with Crippen molar-refractivity contribution in [2.45, 2.75) is 38.8 Å². The van der Waals surface area contributed by atoms with Crippen LogP contribution < -0.4 is 5.73 Å². The highest BCUT2D eigenvalue weighted by molar-refractivity contribution is 5.35. The first-order valence-electron chi connectivity index (χ1n) is 6.97. The molecule has 0 radical (unpaired) electrons. The Hall–Kier alpha value is -1.13. The second-order valence-electron chi connectivity index (χ2n) is 5.60. The quantitative estimate of drug-likeness (QED) is 0.884. The third kappa shape index (κ3) is 3.07. The first kappa shape index (κ1) is 14.3. The van der Waals surface area contributed by atoms with Crippen LogP contribution in [0, 0.1) is 11.7 Å². The van der Waals surface area contributed by atoms with Gasteiger partial charge in [0.1, 0.15) is 11.6 Å². The maximum atomic E-state index is 13.4. The largest absolute Gasteiger partial charge is 0.508 e. The molecule has 0 spiro atoms. The van der Waals surface area contributed by atoms with E-state index in [9.17, 15) is 9.50 Å². The second-order valence-corrected chi connectivity index (χ2v) is 5.60. The molecule has 1 aromatic carbocycles. The zero-order valence-electron chi connectivity index (χ0n) is 11.6. The van der Waals surface area contributed by atoms with Crippen LogP contribution in [0.1, 0.15) is 38.3 Å². The zero-order valence-corrected chi connectivity index (χ0v) is 11.6. The smallest absolute Gasteiger partial charge is 0.123 e. The van der Waals surface area contributed by atoms with E-state index in [0.29, 0.717) is 24.1 Å². The van der Waals surface area contributed by atoms with E-state index in [1.165, 1.54) is 18.2 Å². The summed E-state index contributed by atoms with van der Waals surface area (Å²) in [6.07, 6.45) is 2.25. The monoisotopic (exact) mass is 266 g/mol. The number of phenolic OH excluding ortho intramolecular Hbond substituents is 1. The van der Waals surface area contributed by atoms with E-state index in [2.05, 4.69) is 11.8 Å². The van der Waals surface area contributed by atoms with Crippen LogP contribution in [0.2, 0.25) is 0 Å². The van der Waals surface area contributed by atoms with Crippen molar-refractivity contribution in [1.29, 1.82) is 0 Å². The number of hydrogen-bond donors (Lipinski definition) is 2. The van der Waals surface area contributed by atoms with Gasteiger partial charge in [0.05, 0.1) is 0 Å². The summed E-state index contributed by atoms with van der Waals surface area (Å²) in [5.74, 6) is 0.352. The molecule has 0 saturated carbocycles. The third-order valence-corrected chi connectivity index (χ3v) is 4.30. The van der Waals surface area contributed by atoms with Crippen molar-refractivity contribution in [3.05, 3.63) is 29.6 Å². The van der Waals surface area contributed by atoms with Gasteiger partial charge in [-0.25, -0.2) is 4.39 Å². The molecule has 3 atom stereocenters. The van der Waals surface area contributed by atoms with Crippen molar-refractivity contribution in [1.82, 2.24) is 4.90 Å². The summed E-state index contributed by atoms with van der Waals surface area (Å²) < 4.78 is 13.4. The van der Waals surface area contributed by atoms with E-state index in [4.69, 9.17) is 5.73 Å². The van der Waals surface area contributed by atoms with Gasteiger partial charge in [0.2, 0.25) is 0 Å². The summed E-state index contributed by atoms with van der Waals surface area (Å²) >= 11 is 0. The summed E-state index contributed by atoms with van der Waals surface area (Å²) in [5.41, 5.74) is 6.42. The van der Waals surface area contributed by atoms with Gasteiger partial charge < -0.3 is 10.8 Å². The molecule has 3 nitrogen and oxygen atoms in total. The van der Waals surface area contributed by atoms with Gasteiger partial charge in [-0.1, -0.05) is 0 Å². The molecular weight excluding hydrogens is 243 g/mol. The lowest BCUT2D eigenvalue weighted by molar-refractivity contribution is 0.0800. The van der Waals surface area contributed by atoms with Crippen molar-refractivity contribution in [3.63, 3.8) is 0 Å². The van der Waals surface area contributed by atoms with E-state index in [1.807, 2.05) is 6.92 Å². The van der Waals surface area contributed by atoms with Gasteiger partial charge in [0.25, 0.3) is 0 Å². The molecule has 1 aliphatic heterocycles. The van der Waals surface area contributed by atoms with E-state index in [0.717, 1.165) is 19.4 Å². The molecule has 1 saturated heterocycles. The molecule has 4 heteroatoms. The van der Waals surface area contributed by atoms with Crippen molar-refractivity contribution < 1.29 is 9.50 Å². The Labute approximate surface area is 114 Å². The number of benzene rings is 1. The summed E-state index contributed by atoms with van der Waals surface area (Å²) in [7, 11) is 0. The minimum atomic E-state index is -0.306. The van der Waals surface area contributed by atoms with Crippen LogP contribution in [-0.4, -0.2) is 29.1 Å². The lowest BCUT2D eigenvalue weighted by atomic mass is 9.91. The average Bonchev–Trinajstić information content (AvgIpc) is 2.41. The highest BCUT2D eigenvalue weighted by Crippen LogP contribution is 2.34. The molecule has 1 heterocycles. The van der Waals surface area contributed by atoms with Crippen LogP contribution in [0.3, 0.4) is 0 Å². The fourth-order valence-electron chi connectivity index (χ4n) is 2.98. The zero-order chi connectivity index (χ0) is 14.0. The summed E-state index contributed by atoms with van der Waals surface area (Å²) in [4.78, 5) is 2.32. The van der Waals surface area contributed by atoms with Gasteiger partial charge in [0.15, 0.2) is 0 Å². The molecule has 1 fully saturated rings. The molecule has 1 aromatic rings. The summed E-state index contributed by atoms with van der Waals surface area (Å²) in [5, 5.41) is 9.93. The number of hydrogen-bond acceptors (Lipinski definition) is 3. The number of phenols is 1. The standard InChI is InChI=1S/C15H23FN2O/c1-10-3-4-12(8-17)9-18(10)11(2)14-7-13(16)5-6-15(14)19/h5-7,10-12,19H,3-4,8-9,17H2,1-2H3. The Morgan fingerprint density at radius 2 is 2.21 bits per heavy atom. The number of rotatable bonds is 3. The fourth-order valence-corrected chi connectivity index (χ4v) is 2.98. The van der Waals surface area contributed by atoms with Gasteiger partial charge in [-0.15, -0.1) is 0 Å². The van der Waals surface area contributed by atoms with Crippen LogP contribution in [-0.2, 0) is 0 Å². The van der Waals surface area contributed by atoms with E-state index >= 15 is 0 Å². The maximum absolute atomic E-state index is 13.4. The van der Waals surface area contributed by atoms with Crippen molar-refractivity contribution in [3.8, 4) is 5.75 Å². The molecule has 0 amide bonds. The Morgan fingerprint density at radius 1 is 1.47 bits per heavy atom. The van der Waals surface area contributed by atoms with Gasteiger partial charge in [-0.2, -0.15) is 0 Å². The molecule has 0 aliphatic carbocycles. The second kappa shape index (κ2) is 5.88. The highest BCUT2D eigenvalue weighted by Gasteiger charge is 2.29. The molecule has 106 valence electrons. The molecule has 0 aromatic heterocycles. The molecule has 1 aliphatic rings. The van der Waals surface area contributed by atoms with Gasteiger partial charge in [-0.3, -0.25) is 4.90 Å². The minimum Gasteiger partial charge on any atom is -0.508 e. The van der Waals surface area contributed by atoms with E-state index < -0.39 is 0 Å². The molecule has 0 bridgehead atoms. The SMILES string of the molecule is CC1CCC(CN)CN1C(C)c1cc(F)ccc1O. The first-order valence-corrected chi connectivity index (χ1v) is 6.97. The van der Waals surface area contributed by atoms with Crippen LogP contribution >= 0.6 is 0 Å². The number of nitrogens with two attached hydrogens (primary N) is 1. The van der Waals surface area contributed by atoms with E-state index in [-0.39, 0.29) is 17.6 Å². The third-order valence-electron chi connectivity index (χ3n) is 4.30. The first-order chi connectivity index (χ1) is 9.02. The maximum Gasteiger partial charge on any atom is 0.123 e. The number of halogens is 1. The number of aromatic hydroxyl groups is 1. The average molecular weight is 266 g/mol. The van der Waals surface area contributed by atoms with Crippen LogP contribution in [0.25, 0.3) is 0 Å². The van der Waals surface area contributed by atoms with Gasteiger partial charge in [-0.05, 0) is 57.4 Å². The summed E-state index contributed by atoms with van der Waals surface area (Å²) in [6, 6.07) is 4.57. The van der Waals surface area contributed by atoms with Gasteiger partial charge in [0, 0.05) is 24.2 Å². The van der Waals surface area contributed by atoms with Crippen molar-refractivity contribution in [2.75, 3.05) is 13.1 Å². The predicted molar refractivity (Wildman–Crippen MR) is 74.4 cm³/mol. The molecular formula is C15H23FN2O. The molecule has 19 heavy (non-hydrogen) atoms. The molecule has 2 rings (SSSR count). The Morgan fingerprint density at radius 3 is 2.89 bits per heavy atom. The van der Waals surface area contributed by atoms with E-state index in [1.54, 1.807) is 0 Å². The van der Waals surface area contributed by atoms with Crippen molar-refractivity contribution >= 4 is 0 Å². The number of likely N-dealkylation sites (tertiary alicyclic amines) is 1. The Bertz CT molecular complexity index is 438. The predicted octanol–water partition coefficient (Wildman–Crippen LogP) is 2.65. The number of nitrogens with zero attached hydrogens (tertiary/aromatic N) is 1. The van der Waals surface area contributed by atoms with Crippen LogP contribution in [0.5, 0.6) is 5.75 Å². The Balaban J connectivity index is 2.21. The van der Waals surface area contributed by atoms with Crippen molar-refractivity contribution in [2.24, 2.45) is 11.7 Å². The molecule has 3 N–H and O–H groups in total. The lowest BCUT2D eigenvalue weighted by Gasteiger charge is -2.41. The Kier molecular flexibility index (Phi) is 4.42. The van der Waals surface area contributed by atoms with Crippen LogP contribution in [0.4, 0.5) is 4.39 Å². The minimum absolute atomic E-state index is 0.0000463. The topological polar surface area (TPSA) is 49.5 Å². The fraction of sp³-hybridized carbons (Fsp3) is 0.600.